The van der Waals surface area contributed by atoms with E-state index in [9.17, 15) is 9.00 Å². The Hall–Kier alpha value is -1.26. The van der Waals surface area contributed by atoms with Gasteiger partial charge in [-0.05, 0) is 36.9 Å². The molecule has 0 N–H and O–H groups in total. The molecule has 1 aromatic heterocycles. The third-order valence-corrected chi connectivity index (χ3v) is 5.85. The van der Waals surface area contributed by atoms with Crippen molar-refractivity contribution in [3.05, 3.63) is 46.2 Å². The predicted octanol–water partition coefficient (Wildman–Crippen LogP) is 4.99. The molecule has 0 radical (unpaired) electrons. The molecule has 112 valence electrons. The lowest BCUT2D eigenvalue weighted by Crippen LogP contribution is -2.02. The maximum atomic E-state index is 12.6. The van der Waals surface area contributed by atoms with Gasteiger partial charge < -0.3 is 0 Å². The monoisotopic (exact) mass is 320 g/mol. The minimum atomic E-state index is -1.27. The van der Waals surface area contributed by atoms with Crippen LogP contribution in [0.1, 0.15) is 47.8 Å². The summed E-state index contributed by atoms with van der Waals surface area (Å²) in [6.07, 6.45) is 3.61. The SMILES string of the molecule is CCCCCC(=O)c1sccc1S(=O)c1ccc(C)cc1. The Bertz CT molecular complexity index is 626. The second-order valence-electron chi connectivity index (χ2n) is 5.08. The maximum Gasteiger partial charge on any atom is 0.174 e. The lowest BCUT2D eigenvalue weighted by molar-refractivity contribution is 0.0980. The van der Waals surface area contributed by atoms with Gasteiger partial charge in [-0.15, -0.1) is 11.3 Å². The van der Waals surface area contributed by atoms with Crippen molar-refractivity contribution >= 4 is 27.9 Å². The number of thiophene rings is 1. The van der Waals surface area contributed by atoms with Gasteiger partial charge in [0.1, 0.15) is 0 Å². The van der Waals surface area contributed by atoms with Crippen molar-refractivity contribution in [2.75, 3.05) is 0 Å². The number of carbonyl (C=O) groups excluding carboxylic acids is 1. The smallest absolute Gasteiger partial charge is 0.174 e. The molecule has 2 aromatic rings. The second kappa shape index (κ2) is 7.66. The van der Waals surface area contributed by atoms with E-state index >= 15 is 0 Å². The third kappa shape index (κ3) is 4.11. The third-order valence-electron chi connectivity index (χ3n) is 3.32. The molecule has 0 fully saturated rings. The molecule has 2 nitrogen and oxygen atoms in total. The highest BCUT2D eigenvalue weighted by molar-refractivity contribution is 7.85. The average Bonchev–Trinajstić information content (AvgIpc) is 2.97. The molecular formula is C17H20O2S2. The fourth-order valence-electron chi connectivity index (χ4n) is 2.08. The summed E-state index contributed by atoms with van der Waals surface area (Å²) in [6.45, 7) is 4.12. The molecule has 4 heteroatoms. The highest BCUT2D eigenvalue weighted by Crippen LogP contribution is 2.26. The molecule has 0 aliphatic rings. The van der Waals surface area contributed by atoms with Gasteiger partial charge in [-0.25, -0.2) is 4.21 Å². The van der Waals surface area contributed by atoms with Gasteiger partial charge in [0, 0.05) is 11.3 Å². The summed E-state index contributed by atoms with van der Waals surface area (Å²) in [7, 11) is -1.27. The van der Waals surface area contributed by atoms with Crippen LogP contribution in [-0.4, -0.2) is 9.99 Å². The van der Waals surface area contributed by atoms with E-state index in [1.54, 1.807) is 0 Å². The molecule has 2 rings (SSSR count). The number of hydrogen-bond donors (Lipinski definition) is 0. The summed E-state index contributed by atoms with van der Waals surface area (Å²) >= 11 is 1.40. The molecular weight excluding hydrogens is 300 g/mol. The Labute approximate surface area is 132 Å². The van der Waals surface area contributed by atoms with Gasteiger partial charge in [0.2, 0.25) is 0 Å². The van der Waals surface area contributed by atoms with E-state index in [1.807, 2.05) is 42.6 Å². The molecule has 1 unspecified atom stereocenters. The zero-order valence-corrected chi connectivity index (χ0v) is 14.1. The van der Waals surface area contributed by atoms with Crippen LogP contribution in [0.4, 0.5) is 0 Å². The molecule has 0 aliphatic heterocycles. The van der Waals surface area contributed by atoms with Crippen molar-refractivity contribution in [3.63, 3.8) is 0 Å². The summed E-state index contributed by atoms with van der Waals surface area (Å²) in [5.41, 5.74) is 1.14. The van der Waals surface area contributed by atoms with Crippen LogP contribution >= 0.6 is 11.3 Å². The van der Waals surface area contributed by atoms with E-state index in [-0.39, 0.29) is 5.78 Å². The fraction of sp³-hybridized carbons (Fsp3) is 0.353. The Morgan fingerprint density at radius 1 is 1.14 bits per heavy atom. The summed E-state index contributed by atoms with van der Waals surface area (Å²) in [5, 5.41) is 1.86. The second-order valence-corrected chi connectivity index (χ2v) is 7.44. The molecule has 0 aliphatic carbocycles. The number of carbonyl (C=O) groups is 1. The van der Waals surface area contributed by atoms with Crippen molar-refractivity contribution < 1.29 is 9.00 Å². The standard InChI is InChI=1S/C17H20O2S2/c1-3-4-5-6-15(18)17-16(11-12-20-17)21(19)14-9-7-13(2)8-10-14/h7-12H,3-6H2,1-2H3. The molecule has 1 atom stereocenters. The van der Waals surface area contributed by atoms with Crippen LogP contribution in [0.15, 0.2) is 45.5 Å². The van der Waals surface area contributed by atoms with E-state index in [0.717, 1.165) is 29.7 Å². The van der Waals surface area contributed by atoms with Gasteiger partial charge in [-0.3, -0.25) is 4.79 Å². The Balaban J connectivity index is 2.17. The Morgan fingerprint density at radius 2 is 1.86 bits per heavy atom. The van der Waals surface area contributed by atoms with Gasteiger partial charge in [-0.2, -0.15) is 0 Å². The van der Waals surface area contributed by atoms with E-state index in [1.165, 1.54) is 11.3 Å². The number of unbranched alkanes of at least 4 members (excludes halogenated alkanes) is 2. The summed E-state index contributed by atoms with van der Waals surface area (Å²) in [5.74, 6) is 0.119. The van der Waals surface area contributed by atoms with Gasteiger partial charge in [-0.1, -0.05) is 37.5 Å². The van der Waals surface area contributed by atoms with Crippen molar-refractivity contribution in [2.45, 2.75) is 49.3 Å². The first-order valence-corrected chi connectivity index (χ1v) is 9.25. The number of hydrogen-bond acceptors (Lipinski definition) is 3. The highest BCUT2D eigenvalue weighted by atomic mass is 32.2. The van der Waals surface area contributed by atoms with Gasteiger partial charge in [0.15, 0.2) is 5.78 Å². The van der Waals surface area contributed by atoms with Gasteiger partial charge >= 0.3 is 0 Å². The minimum absolute atomic E-state index is 0.119. The van der Waals surface area contributed by atoms with E-state index in [0.29, 0.717) is 16.2 Å². The van der Waals surface area contributed by atoms with Crippen LogP contribution in [0, 0.1) is 6.92 Å². The van der Waals surface area contributed by atoms with Crippen LogP contribution in [0.3, 0.4) is 0 Å². The first-order valence-electron chi connectivity index (χ1n) is 7.22. The quantitative estimate of drug-likeness (QED) is 0.532. The Morgan fingerprint density at radius 3 is 2.52 bits per heavy atom. The molecule has 0 spiro atoms. The molecule has 1 heterocycles. The maximum absolute atomic E-state index is 12.6. The van der Waals surface area contributed by atoms with Crippen LogP contribution in [0.25, 0.3) is 0 Å². The van der Waals surface area contributed by atoms with Crippen LogP contribution in [-0.2, 0) is 10.8 Å². The number of rotatable bonds is 7. The number of ketones is 1. The van der Waals surface area contributed by atoms with Gasteiger partial charge in [0.25, 0.3) is 0 Å². The van der Waals surface area contributed by atoms with Crippen LogP contribution in [0.2, 0.25) is 0 Å². The lowest BCUT2D eigenvalue weighted by atomic mass is 10.1. The molecule has 0 bridgehead atoms. The number of aryl methyl sites for hydroxylation is 1. The van der Waals surface area contributed by atoms with Crippen molar-refractivity contribution in [2.24, 2.45) is 0 Å². The number of benzene rings is 1. The van der Waals surface area contributed by atoms with Crippen LogP contribution in [0.5, 0.6) is 0 Å². The minimum Gasteiger partial charge on any atom is -0.293 e. The van der Waals surface area contributed by atoms with Crippen molar-refractivity contribution in [3.8, 4) is 0 Å². The van der Waals surface area contributed by atoms with Crippen LogP contribution < -0.4 is 0 Å². The van der Waals surface area contributed by atoms with Crippen molar-refractivity contribution in [1.82, 2.24) is 0 Å². The zero-order chi connectivity index (χ0) is 15.2. The first kappa shape index (κ1) is 16.1. The molecule has 21 heavy (non-hydrogen) atoms. The normalized spacial score (nSPS) is 12.3. The Kier molecular flexibility index (Phi) is 5.88. The summed E-state index contributed by atoms with van der Waals surface area (Å²) in [6, 6.07) is 9.45. The van der Waals surface area contributed by atoms with E-state index in [2.05, 4.69) is 6.92 Å². The molecule has 0 saturated carbocycles. The predicted molar refractivity (Wildman–Crippen MR) is 88.6 cm³/mol. The average molecular weight is 320 g/mol. The molecule has 0 amide bonds. The summed E-state index contributed by atoms with van der Waals surface area (Å²) < 4.78 is 12.6. The number of Topliss-reactive ketones (excluding diaryl/α,β-unsaturated/α-hetero) is 1. The molecule has 1 aromatic carbocycles. The molecule has 0 saturated heterocycles. The summed E-state index contributed by atoms with van der Waals surface area (Å²) in [4.78, 5) is 14.3. The topological polar surface area (TPSA) is 34.1 Å². The zero-order valence-electron chi connectivity index (χ0n) is 12.4. The lowest BCUT2D eigenvalue weighted by Gasteiger charge is -2.04. The largest absolute Gasteiger partial charge is 0.293 e. The van der Waals surface area contributed by atoms with E-state index in [4.69, 9.17) is 0 Å². The fourth-order valence-corrected chi connectivity index (χ4v) is 4.41. The van der Waals surface area contributed by atoms with Gasteiger partial charge in [0.05, 0.1) is 20.6 Å². The van der Waals surface area contributed by atoms with Crippen molar-refractivity contribution in [1.29, 1.82) is 0 Å². The highest BCUT2D eigenvalue weighted by Gasteiger charge is 2.18. The first-order chi connectivity index (χ1) is 10.1. The van der Waals surface area contributed by atoms with E-state index < -0.39 is 10.8 Å².